The van der Waals surface area contributed by atoms with Gasteiger partial charge in [0.1, 0.15) is 5.52 Å². The third kappa shape index (κ3) is 2.71. The standard InChI is InChI=1S/C16H18N6O3/c1-9-3-2-4-11(5-9)22-13-12(7-18-22)19-16(20-14(13)23)21-8-10(6-17-21)15(24)25/h6-9,11H,2-5H2,1H3,(H,24,25)(H,19,20,23)/t9-,11+/m0/s1. The smallest absolute Gasteiger partial charge is 0.338 e. The van der Waals surface area contributed by atoms with E-state index < -0.39 is 5.97 Å². The number of aromatic amines is 1. The number of rotatable bonds is 3. The lowest BCUT2D eigenvalue weighted by molar-refractivity contribution is 0.0697. The first-order valence-corrected chi connectivity index (χ1v) is 8.29. The molecule has 0 radical (unpaired) electrons. The number of nitrogens with one attached hydrogen (secondary N) is 1. The van der Waals surface area contributed by atoms with Gasteiger partial charge in [0.2, 0.25) is 5.95 Å². The van der Waals surface area contributed by atoms with Crippen molar-refractivity contribution in [1.29, 1.82) is 0 Å². The molecule has 0 amide bonds. The lowest BCUT2D eigenvalue weighted by atomic mass is 9.87. The van der Waals surface area contributed by atoms with Crippen LogP contribution in [0.5, 0.6) is 0 Å². The molecule has 2 atom stereocenters. The van der Waals surface area contributed by atoms with Gasteiger partial charge in [0, 0.05) is 6.20 Å². The van der Waals surface area contributed by atoms with Crippen molar-refractivity contribution in [3.05, 3.63) is 34.5 Å². The van der Waals surface area contributed by atoms with Crippen molar-refractivity contribution >= 4 is 17.0 Å². The van der Waals surface area contributed by atoms with Crippen LogP contribution in [0, 0.1) is 5.92 Å². The summed E-state index contributed by atoms with van der Waals surface area (Å²) in [6.07, 6.45) is 8.43. The van der Waals surface area contributed by atoms with Crippen LogP contribution in [0.2, 0.25) is 0 Å². The number of aromatic nitrogens is 6. The van der Waals surface area contributed by atoms with Crippen molar-refractivity contribution in [1.82, 2.24) is 29.5 Å². The molecule has 1 saturated carbocycles. The SMILES string of the molecule is C[C@H]1CCC[C@@H](n2ncc3nc(-n4cc(C(=O)O)cn4)[nH]c(=O)c32)C1. The largest absolute Gasteiger partial charge is 0.478 e. The van der Waals surface area contributed by atoms with Crippen molar-refractivity contribution in [3.8, 4) is 5.95 Å². The summed E-state index contributed by atoms with van der Waals surface area (Å²) in [7, 11) is 0. The Balaban J connectivity index is 1.76. The molecule has 130 valence electrons. The molecule has 0 spiro atoms. The Labute approximate surface area is 142 Å². The molecule has 2 N–H and O–H groups in total. The fourth-order valence-corrected chi connectivity index (χ4v) is 3.52. The summed E-state index contributed by atoms with van der Waals surface area (Å²) in [5, 5.41) is 17.3. The van der Waals surface area contributed by atoms with Crippen LogP contribution in [0.15, 0.2) is 23.4 Å². The van der Waals surface area contributed by atoms with Gasteiger partial charge in [-0.2, -0.15) is 10.2 Å². The number of carbonyl (C=O) groups is 1. The highest BCUT2D eigenvalue weighted by Crippen LogP contribution is 2.32. The molecule has 4 rings (SSSR count). The van der Waals surface area contributed by atoms with E-state index >= 15 is 0 Å². The van der Waals surface area contributed by atoms with Crippen molar-refractivity contribution < 1.29 is 9.90 Å². The molecule has 9 nitrogen and oxygen atoms in total. The molecule has 1 aliphatic carbocycles. The molecule has 3 aromatic rings. The number of carboxylic acid groups (broad SMARTS) is 1. The molecule has 9 heteroatoms. The summed E-state index contributed by atoms with van der Waals surface area (Å²) in [5.74, 6) is -0.307. The van der Waals surface area contributed by atoms with Gasteiger partial charge in [0.05, 0.1) is 24.0 Å². The quantitative estimate of drug-likeness (QED) is 0.748. The second kappa shape index (κ2) is 5.83. The summed E-state index contributed by atoms with van der Waals surface area (Å²) >= 11 is 0. The topological polar surface area (TPSA) is 119 Å². The van der Waals surface area contributed by atoms with Crippen LogP contribution in [-0.4, -0.2) is 40.6 Å². The number of aromatic carboxylic acids is 1. The Morgan fingerprint density at radius 3 is 2.88 bits per heavy atom. The minimum atomic E-state index is -1.09. The highest BCUT2D eigenvalue weighted by molar-refractivity contribution is 5.87. The Morgan fingerprint density at radius 2 is 2.16 bits per heavy atom. The fourth-order valence-electron chi connectivity index (χ4n) is 3.52. The van der Waals surface area contributed by atoms with Gasteiger partial charge in [0.15, 0.2) is 5.52 Å². The zero-order chi connectivity index (χ0) is 17.6. The zero-order valence-electron chi connectivity index (χ0n) is 13.7. The summed E-state index contributed by atoms with van der Waals surface area (Å²) in [4.78, 5) is 30.6. The molecule has 0 bridgehead atoms. The van der Waals surface area contributed by atoms with E-state index in [0.717, 1.165) is 19.3 Å². The molecule has 3 aromatic heterocycles. The summed E-state index contributed by atoms with van der Waals surface area (Å²) in [5.41, 5.74) is 0.649. The third-order valence-corrected chi connectivity index (χ3v) is 4.74. The molecule has 1 aliphatic rings. The molecular weight excluding hydrogens is 324 g/mol. The van der Waals surface area contributed by atoms with Crippen LogP contribution in [0.1, 0.15) is 49.0 Å². The predicted octanol–water partition coefficient (Wildman–Crippen LogP) is 1.75. The van der Waals surface area contributed by atoms with Gasteiger partial charge in [-0.05, 0) is 18.8 Å². The van der Waals surface area contributed by atoms with Gasteiger partial charge in [-0.25, -0.2) is 14.5 Å². The first-order chi connectivity index (χ1) is 12.0. The average molecular weight is 342 g/mol. The van der Waals surface area contributed by atoms with Crippen LogP contribution in [0.4, 0.5) is 0 Å². The van der Waals surface area contributed by atoms with Gasteiger partial charge >= 0.3 is 5.97 Å². The van der Waals surface area contributed by atoms with Crippen molar-refractivity contribution in [2.75, 3.05) is 0 Å². The maximum Gasteiger partial charge on any atom is 0.338 e. The van der Waals surface area contributed by atoms with Gasteiger partial charge in [0.25, 0.3) is 5.56 Å². The molecule has 0 unspecified atom stereocenters. The monoisotopic (exact) mass is 342 g/mol. The third-order valence-electron chi connectivity index (χ3n) is 4.74. The summed E-state index contributed by atoms with van der Waals surface area (Å²) < 4.78 is 3.02. The second-order valence-corrected chi connectivity index (χ2v) is 6.62. The molecule has 25 heavy (non-hydrogen) atoms. The number of H-pyrrole nitrogens is 1. The molecule has 0 saturated heterocycles. The van der Waals surface area contributed by atoms with E-state index in [9.17, 15) is 9.59 Å². The first-order valence-electron chi connectivity index (χ1n) is 8.29. The number of hydrogen-bond donors (Lipinski definition) is 2. The van der Waals surface area contributed by atoms with Gasteiger partial charge in [-0.3, -0.25) is 14.5 Å². The van der Waals surface area contributed by atoms with Crippen LogP contribution < -0.4 is 5.56 Å². The molecule has 0 aromatic carbocycles. The highest BCUT2D eigenvalue weighted by atomic mass is 16.4. The van der Waals surface area contributed by atoms with Crippen LogP contribution in [0.25, 0.3) is 17.0 Å². The van der Waals surface area contributed by atoms with E-state index in [2.05, 4.69) is 27.1 Å². The Hall–Kier alpha value is -2.97. The van der Waals surface area contributed by atoms with Crippen molar-refractivity contribution in [2.45, 2.75) is 38.6 Å². The lowest BCUT2D eigenvalue weighted by Crippen LogP contribution is -2.22. The van der Waals surface area contributed by atoms with Crippen LogP contribution in [-0.2, 0) is 0 Å². The maximum atomic E-state index is 12.6. The molecular formula is C16H18N6O3. The van der Waals surface area contributed by atoms with Crippen molar-refractivity contribution in [3.63, 3.8) is 0 Å². The fraction of sp³-hybridized carbons (Fsp3) is 0.438. The molecule has 0 aliphatic heterocycles. The van der Waals surface area contributed by atoms with Crippen LogP contribution >= 0.6 is 0 Å². The Kier molecular flexibility index (Phi) is 3.63. The van der Waals surface area contributed by atoms with E-state index in [1.165, 1.54) is 23.5 Å². The Bertz CT molecular complexity index is 1000. The van der Waals surface area contributed by atoms with Gasteiger partial charge in [-0.1, -0.05) is 19.8 Å². The molecule has 3 heterocycles. The maximum absolute atomic E-state index is 12.6. The number of carboxylic acids is 1. The van der Waals surface area contributed by atoms with Gasteiger partial charge in [-0.15, -0.1) is 0 Å². The first kappa shape index (κ1) is 15.6. The highest BCUT2D eigenvalue weighted by Gasteiger charge is 2.24. The lowest BCUT2D eigenvalue weighted by Gasteiger charge is -2.27. The van der Waals surface area contributed by atoms with E-state index in [1.54, 1.807) is 10.9 Å². The summed E-state index contributed by atoms with van der Waals surface area (Å²) in [6, 6.07) is 0.207. The van der Waals surface area contributed by atoms with E-state index in [1.807, 2.05) is 0 Å². The van der Waals surface area contributed by atoms with Crippen LogP contribution in [0.3, 0.4) is 0 Å². The normalized spacial score (nSPS) is 20.8. The number of nitrogens with zero attached hydrogens (tertiary/aromatic N) is 5. The zero-order valence-corrected chi connectivity index (χ0v) is 13.7. The summed E-state index contributed by atoms with van der Waals surface area (Å²) in [6.45, 7) is 2.22. The number of fused-ring (bicyclic) bond motifs is 1. The number of hydrogen-bond acceptors (Lipinski definition) is 5. The Morgan fingerprint density at radius 1 is 1.32 bits per heavy atom. The predicted molar refractivity (Wildman–Crippen MR) is 88.9 cm³/mol. The van der Waals surface area contributed by atoms with E-state index in [4.69, 9.17) is 5.11 Å². The minimum absolute atomic E-state index is 0.0228. The average Bonchev–Trinajstić information content (AvgIpc) is 3.22. The molecule has 1 fully saturated rings. The van der Waals surface area contributed by atoms with E-state index in [0.29, 0.717) is 17.0 Å². The van der Waals surface area contributed by atoms with Crippen molar-refractivity contribution in [2.24, 2.45) is 5.92 Å². The second-order valence-electron chi connectivity index (χ2n) is 6.62. The van der Waals surface area contributed by atoms with Gasteiger partial charge < -0.3 is 5.11 Å². The van der Waals surface area contributed by atoms with E-state index in [-0.39, 0.29) is 23.1 Å². The minimum Gasteiger partial charge on any atom is -0.478 e.